The number of carbonyl (C=O) groups is 3. The summed E-state index contributed by atoms with van der Waals surface area (Å²) in [7, 11) is 3.06. The Balaban J connectivity index is 1.45. The summed E-state index contributed by atoms with van der Waals surface area (Å²) >= 11 is 2.17. The van der Waals surface area contributed by atoms with Crippen LogP contribution in [-0.4, -0.2) is 41.8 Å². The number of imide groups is 1. The van der Waals surface area contributed by atoms with E-state index >= 15 is 0 Å². The van der Waals surface area contributed by atoms with E-state index in [4.69, 9.17) is 9.47 Å². The molecule has 0 bridgehead atoms. The van der Waals surface area contributed by atoms with Crippen molar-refractivity contribution in [1.82, 2.24) is 4.57 Å². The summed E-state index contributed by atoms with van der Waals surface area (Å²) in [6.45, 7) is 1.66. The summed E-state index contributed by atoms with van der Waals surface area (Å²) in [6.07, 6.45) is 0. The summed E-state index contributed by atoms with van der Waals surface area (Å²) < 4.78 is 12.4. The van der Waals surface area contributed by atoms with Gasteiger partial charge in [0.25, 0.3) is 0 Å². The fraction of sp³-hybridized carbons (Fsp3) is 0.226. The maximum Gasteiger partial charge on any atom is 0.308 e. The van der Waals surface area contributed by atoms with Crippen molar-refractivity contribution in [2.45, 2.75) is 29.7 Å². The summed E-state index contributed by atoms with van der Waals surface area (Å²) in [5, 5.41) is 2.61. The minimum Gasteiger partial charge on any atom is -0.493 e. The first-order chi connectivity index (χ1) is 20.3. The Morgan fingerprint density at radius 1 is 0.905 bits per heavy atom. The molecule has 0 radical (unpaired) electrons. The second kappa shape index (κ2) is 11.1. The second-order valence-electron chi connectivity index (χ2n) is 9.99. The maximum atomic E-state index is 14.0. The van der Waals surface area contributed by atoms with Crippen molar-refractivity contribution in [1.29, 1.82) is 0 Å². The van der Waals surface area contributed by atoms with Crippen molar-refractivity contribution >= 4 is 52.2 Å². The van der Waals surface area contributed by atoms with Crippen molar-refractivity contribution in [3.05, 3.63) is 98.5 Å². The molecule has 1 aromatic heterocycles. The highest BCUT2D eigenvalue weighted by Gasteiger charge is 2.57. The van der Waals surface area contributed by atoms with Gasteiger partial charge in [-0.15, -0.1) is 0 Å². The molecule has 1 fully saturated rings. The SMILES string of the molecule is COc1ccc([C@H]2c3sc(=O)n(CC(=O)Nc4ccccc4C)c3SC3C(=O)N(c4ccccc4)C(=O)C32)cc1OC. The number of ether oxygens (including phenoxy) is 2. The average molecular weight is 602 g/mol. The van der Waals surface area contributed by atoms with Gasteiger partial charge in [0, 0.05) is 16.5 Å². The first-order valence-corrected chi connectivity index (χ1v) is 14.9. The Morgan fingerprint density at radius 3 is 2.33 bits per heavy atom. The van der Waals surface area contributed by atoms with E-state index in [2.05, 4.69) is 5.32 Å². The molecule has 11 heteroatoms. The first kappa shape index (κ1) is 27.8. The lowest BCUT2D eigenvalue weighted by molar-refractivity contribution is -0.122. The van der Waals surface area contributed by atoms with Crippen LogP contribution in [0.5, 0.6) is 11.5 Å². The summed E-state index contributed by atoms with van der Waals surface area (Å²) in [6, 6.07) is 21.6. The molecule has 3 aromatic carbocycles. The van der Waals surface area contributed by atoms with Crippen molar-refractivity contribution in [3.8, 4) is 11.5 Å². The van der Waals surface area contributed by atoms with Crippen molar-refractivity contribution in [3.63, 3.8) is 0 Å². The molecule has 0 saturated carbocycles. The van der Waals surface area contributed by atoms with Gasteiger partial charge >= 0.3 is 4.87 Å². The van der Waals surface area contributed by atoms with Crippen LogP contribution in [0.4, 0.5) is 11.4 Å². The third-order valence-corrected chi connectivity index (χ3v) is 10.2. The van der Waals surface area contributed by atoms with Gasteiger partial charge in [0.2, 0.25) is 17.7 Å². The second-order valence-corrected chi connectivity index (χ2v) is 12.1. The van der Waals surface area contributed by atoms with E-state index in [1.54, 1.807) is 42.5 Å². The lowest BCUT2D eigenvalue weighted by Crippen LogP contribution is -2.33. The molecule has 3 amide bonds. The molecule has 1 N–H and O–H groups in total. The number of hydrogen-bond donors (Lipinski definition) is 1. The van der Waals surface area contributed by atoms with Crippen molar-refractivity contribution < 1.29 is 23.9 Å². The number of aryl methyl sites for hydroxylation is 1. The Kier molecular flexibility index (Phi) is 7.38. The number of rotatable bonds is 7. The zero-order valence-electron chi connectivity index (χ0n) is 23.0. The lowest BCUT2D eigenvalue weighted by Gasteiger charge is -2.31. The van der Waals surface area contributed by atoms with Gasteiger partial charge in [-0.05, 0) is 48.4 Å². The number of aromatic nitrogens is 1. The monoisotopic (exact) mass is 601 g/mol. The van der Waals surface area contributed by atoms with E-state index in [1.807, 2.05) is 37.3 Å². The number of thiazole rings is 1. The van der Waals surface area contributed by atoms with Gasteiger partial charge in [0.15, 0.2) is 11.5 Å². The molecule has 0 aliphatic carbocycles. The minimum absolute atomic E-state index is 0.230. The van der Waals surface area contributed by atoms with Crippen molar-refractivity contribution in [2.24, 2.45) is 5.92 Å². The first-order valence-electron chi connectivity index (χ1n) is 13.2. The van der Waals surface area contributed by atoms with Crippen LogP contribution in [0.1, 0.15) is 21.9 Å². The summed E-state index contributed by atoms with van der Waals surface area (Å²) in [5.74, 6) is -1.45. The molecular formula is C31H27N3O6S2. The minimum atomic E-state index is -0.789. The number of nitrogens with zero attached hydrogens (tertiary/aromatic N) is 2. The number of methoxy groups -OCH3 is 2. The van der Waals surface area contributed by atoms with Crippen molar-refractivity contribution in [2.75, 3.05) is 24.4 Å². The molecule has 2 unspecified atom stereocenters. The number of fused-ring (bicyclic) bond motifs is 2. The number of carbonyl (C=O) groups excluding carboxylic acids is 3. The largest absolute Gasteiger partial charge is 0.493 e. The highest BCUT2D eigenvalue weighted by atomic mass is 32.2. The zero-order valence-corrected chi connectivity index (χ0v) is 24.7. The molecule has 4 aromatic rings. The Labute approximate surface area is 250 Å². The van der Waals surface area contributed by atoms with Gasteiger partial charge in [-0.3, -0.25) is 23.7 Å². The van der Waals surface area contributed by atoms with Crippen LogP contribution >= 0.6 is 23.1 Å². The molecule has 3 atom stereocenters. The highest BCUT2D eigenvalue weighted by Crippen LogP contribution is 2.54. The van der Waals surface area contributed by atoms with Crippen LogP contribution in [0.2, 0.25) is 0 Å². The zero-order chi connectivity index (χ0) is 29.5. The predicted molar refractivity (Wildman–Crippen MR) is 162 cm³/mol. The van der Waals surface area contributed by atoms with Gasteiger partial charge in [-0.2, -0.15) is 0 Å². The molecule has 2 aliphatic heterocycles. The van der Waals surface area contributed by atoms with Crippen LogP contribution in [0.25, 0.3) is 0 Å². The molecular weight excluding hydrogens is 574 g/mol. The van der Waals surface area contributed by atoms with Gasteiger partial charge in [-0.1, -0.05) is 65.6 Å². The van der Waals surface area contributed by atoms with Gasteiger partial charge < -0.3 is 14.8 Å². The third kappa shape index (κ3) is 4.68. The van der Waals surface area contributed by atoms with Crippen LogP contribution in [0.15, 0.2) is 82.6 Å². The van der Waals surface area contributed by atoms with Gasteiger partial charge in [0.05, 0.1) is 30.9 Å². The normalized spacial score (nSPS) is 19.3. The standard InChI is InChI=1S/C31H27N3O6S2/c1-17-9-7-8-12-20(17)32-23(35)16-33-30-27(42-31(33)38)24(18-13-14-21(39-2)22(15-18)40-3)25-26(41-30)29(37)34(28(25)36)19-10-5-4-6-11-19/h4-15,24-26H,16H2,1-3H3,(H,32,35)/t24-,25?,26?/m1/s1. The highest BCUT2D eigenvalue weighted by molar-refractivity contribution is 8.00. The average Bonchev–Trinajstić information content (AvgIpc) is 3.44. The number of nitrogens with one attached hydrogen (secondary N) is 1. The quantitative estimate of drug-likeness (QED) is 0.307. The van der Waals surface area contributed by atoms with Gasteiger partial charge in [-0.25, -0.2) is 4.90 Å². The molecule has 6 rings (SSSR count). The van der Waals surface area contributed by atoms with E-state index in [0.717, 1.165) is 16.9 Å². The lowest BCUT2D eigenvalue weighted by atomic mass is 9.83. The van der Waals surface area contributed by atoms with E-state index in [0.29, 0.717) is 38.3 Å². The van der Waals surface area contributed by atoms with Crippen LogP contribution in [0, 0.1) is 12.8 Å². The number of anilines is 2. The van der Waals surface area contributed by atoms with E-state index in [1.165, 1.54) is 35.4 Å². The number of amides is 3. The topological polar surface area (TPSA) is 107 Å². The van der Waals surface area contributed by atoms with Crippen LogP contribution in [-0.2, 0) is 20.9 Å². The van der Waals surface area contributed by atoms with Gasteiger partial charge in [0.1, 0.15) is 11.8 Å². The molecule has 42 heavy (non-hydrogen) atoms. The van der Waals surface area contributed by atoms with E-state index in [9.17, 15) is 19.2 Å². The molecule has 0 spiro atoms. The molecule has 3 heterocycles. The fourth-order valence-electron chi connectivity index (χ4n) is 5.54. The Hall–Kier alpha value is -4.35. The number of hydrogen-bond acceptors (Lipinski definition) is 8. The Morgan fingerprint density at radius 2 is 1.62 bits per heavy atom. The molecule has 1 saturated heterocycles. The third-order valence-electron chi connectivity index (χ3n) is 7.55. The van der Waals surface area contributed by atoms with Crippen LogP contribution in [0.3, 0.4) is 0 Å². The van der Waals surface area contributed by atoms with Crippen LogP contribution < -0.4 is 24.6 Å². The fourth-order valence-corrected chi connectivity index (χ4v) is 8.31. The summed E-state index contributed by atoms with van der Waals surface area (Å²) in [4.78, 5) is 55.9. The summed E-state index contributed by atoms with van der Waals surface area (Å²) in [5.41, 5.74) is 2.75. The molecule has 214 valence electrons. The smallest absolute Gasteiger partial charge is 0.308 e. The number of thioether (sulfide) groups is 1. The maximum absolute atomic E-state index is 14.0. The number of para-hydroxylation sites is 2. The van der Waals surface area contributed by atoms with E-state index < -0.39 is 17.1 Å². The molecule has 2 aliphatic rings. The predicted octanol–water partition coefficient (Wildman–Crippen LogP) is 4.67. The Bertz CT molecular complexity index is 1770. The number of benzene rings is 3. The van der Waals surface area contributed by atoms with E-state index in [-0.39, 0.29) is 29.1 Å². The molecule has 9 nitrogen and oxygen atoms in total.